The topological polar surface area (TPSA) is 60.5 Å². The number of nitrogens with one attached hydrogen (secondary N) is 1. The van der Waals surface area contributed by atoms with Crippen LogP contribution in [0.4, 0.5) is 17.6 Å². The number of carbonyl (C=O) groups excluding carboxylic acids is 1. The van der Waals surface area contributed by atoms with Crippen molar-refractivity contribution in [2.45, 2.75) is 19.2 Å². The van der Waals surface area contributed by atoms with Crippen LogP contribution >= 0.6 is 35.1 Å². The van der Waals surface area contributed by atoms with Crippen LogP contribution in [0.1, 0.15) is 17.3 Å². The van der Waals surface area contributed by atoms with E-state index in [4.69, 9.17) is 27.9 Å². The SMILES string of the molecule is CSNC(=O)c1cc(Cl)c(Oc2cnc(OC(C)C(F)(F)F)c(Cl)c2)cc1F. The van der Waals surface area contributed by atoms with Crippen LogP contribution in [0.15, 0.2) is 24.4 Å². The molecule has 1 N–H and O–H groups in total. The third-order valence-corrected chi connectivity index (χ3v) is 4.18. The Morgan fingerprint density at radius 2 is 1.93 bits per heavy atom. The molecule has 0 saturated heterocycles. The number of hydrogen-bond donors (Lipinski definition) is 1. The molecule has 28 heavy (non-hydrogen) atoms. The lowest BCUT2D eigenvalue weighted by Gasteiger charge is -2.17. The quantitative estimate of drug-likeness (QED) is 0.447. The maximum atomic E-state index is 14.1. The van der Waals surface area contributed by atoms with E-state index in [1.165, 1.54) is 0 Å². The first-order valence-electron chi connectivity index (χ1n) is 7.42. The van der Waals surface area contributed by atoms with Crippen LogP contribution in [-0.2, 0) is 0 Å². The van der Waals surface area contributed by atoms with E-state index >= 15 is 0 Å². The Kier molecular flexibility index (Phi) is 7.24. The normalized spacial score (nSPS) is 12.4. The van der Waals surface area contributed by atoms with Crippen molar-refractivity contribution in [3.8, 4) is 17.4 Å². The molecule has 5 nitrogen and oxygen atoms in total. The number of halogens is 6. The number of rotatable bonds is 6. The highest BCUT2D eigenvalue weighted by atomic mass is 35.5. The molecule has 0 aliphatic heterocycles. The minimum atomic E-state index is -4.59. The van der Waals surface area contributed by atoms with Gasteiger partial charge in [-0.1, -0.05) is 35.1 Å². The average molecular weight is 459 g/mol. The zero-order chi connectivity index (χ0) is 21.1. The average Bonchev–Trinajstić information content (AvgIpc) is 2.59. The summed E-state index contributed by atoms with van der Waals surface area (Å²) in [4.78, 5) is 15.4. The van der Waals surface area contributed by atoms with Crippen LogP contribution in [0.25, 0.3) is 0 Å². The molecule has 152 valence electrons. The highest BCUT2D eigenvalue weighted by Gasteiger charge is 2.38. The van der Waals surface area contributed by atoms with E-state index in [1.807, 2.05) is 0 Å². The number of nitrogens with zero attached hydrogens (tertiary/aromatic N) is 1. The molecule has 0 radical (unpaired) electrons. The number of amides is 1. The predicted octanol–water partition coefficient (Wildman–Crippen LogP) is 5.66. The number of ether oxygens (including phenoxy) is 2. The van der Waals surface area contributed by atoms with Gasteiger partial charge in [0.25, 0.3) is 5.91 Å². The van der Waals surface area contributed by atoms with Gasteiger partial charge >= 0.3 is 6.18 Å². The van der Waals surface area contributed by atoms with Gasteiger partial charge < -0.3 is 9.47 Å². The fraction of sp³-hybridized carbons (Fsp3) is 0.250. The Morgan fingerprint density at radius 1 is 1.25 bits per heavy atom. The number of hydrogen-bond acceptors (Lipinski definition) is 5. The Bertz CT molecular complexity index is 884. The van der Waals surface area contributed by atoms with Crippen LogP contribution in [0, 0.1) is 5.82 Å². The van der Waals surface area contributed by atoms with Crippen LogP contribution < -0.4 is 14.2 Å². The standard InChI is InChI=1S/C16H12Cl2F4N2O3S/c1-7(16(20,21)22)26-15-11(18)3-8(6-23-15)27-13-5-12(19)9(4-10(13)17)14(25)24-28-2/h3-7H,1-2H3,(H,24,25). The minimum absolute atomic E-state index is 0.0281. The van der Waals surface area contributed by atoms with Crippen molar-refractivity contribution in [1.82, 2.24) is 9.71 Å². The van der Waals surface area contributed by atoms with E-state index < -0.39 is 29.9 Å². The zero-order valence-corrected chi connectivity index (χ0v) is 16.6. The van der Waals surface area contributed by atoms with E-state index in [0.717, 1.165) is 43.3 Å². The molecule has 0 aliphatic rings. The molecular formula is C16H12Cl2F4N2O3S. The molecule has 0 aliphatic carbocycles. The Balaban J connectivity index is 2.21. The molecule has 0 spiro atoms. The van der Waals surface area contributed by atoms with Crippen molar-refractivity contribution in [2.75, 3.05) is 6.26 Å². The molecule has 12 heteroatoms. The summed E-state index contributed by atoms with van der Waals surface area (Å²) in [6, 6.07) is 3.10. The van der Waals surface area contributed by atoms with Gasteiger partial charge in [-0.3, -0.25) is 9.52 Å². The number of aromatic nitrogens is 1. The largest absolute Gasteiger partial charge is 0.464 e. The maximum Gasteiger partial charge on any atom is 0.425 e. The Hall–Kier alpha value is -1.91. The third-order valence-electron chi connectivity index (χ3n) is 3.22. The lowest BCUT2D eigenvalue weighted by molar-refractivity contribution is -0.189. The summed E-state index contributed by atoms with van der Waals surface area (Å²) in [5, 5.41) is -0.323. The van der Waals surface area contributed by atoms with Crippen LogP contribution in [0.3, 0.4) is 0 Å². The van der Waals surface area contributed by atoms with Gasteiger partial charge in [0.05, 0.1) is 16.8 Å². The highest BCUT2D eigenvalue weighted by Crippen LogP contribution is 2.35. The first-order valence-corrected chi connectivity index (χ1v) is 9.40. The van der Waals surface area contributed by atoms with Gasteiger partial charge in [-0.15, -0.1) is 0 Å². The molecule has 2 aromatic rings. The van der Waals surface area contributed by atoms with Gasteiger partial charge in [-0.2, -0.15) is 13.2 Å². The molecule has 1 amide bonds. The van der Waals surface area contributed by atoms with E-state index in [9.17, 15) is 22.4 Å². The summed E-state index contributed by atoms with van der Waals surface area (Å²) >= 11 is 12.9. The molecule has 1 atom stereocenters. The van der Waals surface area contributed by atoms with Crippen LogP contribution in [0.2, 0.25) is 10.0 Å². The van der Waals surface area contributed by atoms with Gasteiger partial charge in [0.15, 0.2) is 6.10 Å². The molecular weight excluding hydrogens is 447 g/mol. The second-order valence-electron chi connectivity index (χ2n) is 5.26. The van der Waals surface area contributed by atoms with E-state index in [-0.39, 0.29) is 27.1 Å². The molecule has 1 aromatic carbocycles. The van der Waals surface area contributed by atoms with E-state index in [1.54, 1.807) is 6.26 Å². The van der Waals surface area contributed by atoms with Gasteiger partial charge in [0.1, 0.15) is 22.3 Å². The second kappa shape index (κ2) is 9.06. The minimum Gasteiger partial charge on any atom is -0.464 e. The summed E-state index contributed by atoms with van der Waals surface area (Å²) in [6.07, 6.45) is -4.08. The smallest absolute Gasteiger partial charge is 0.425 e. The summed E-state index contributed by atoms with van der Waals surface area (Å²) in [5.41, 5.74) is -0.284. The molecule has 0 bridgehead atoms. The monoisotopic (exact) mass is 458 g/mol. The van der Waals surface area contributed by atoms with Gasteiger partial charge in [-0.25, -0.2) is 9.37 Å². The highest BCUT2D eigenvalue weighted by molar-refractivity contribution is 7.97. The summed E-state index contributed by atoms with van der Waals surface area (Å²) in [5.74, 6) is -2.18. The maximum absolute atomic E-state index is 14.1. The molecule has 1 unspecified atom stereocenters. The molecule has 0 fully saturated rings. The summed E-state index contributed by atoms with van der Waals surface area (Å²) in [7, 11) is 0. The third kappa shape index (κ3) is 5.55. The zero-order valence-electron chi connectivity index (χ0n) is 14.2. The first kappa shape index (κ1) is 22.4. The summed E-state index contributed by atoms with van der Waals surface area (Å²) < 4.78 is 64.2. The first-order chi connectivity index (χ1) is 13.0. The summed E-state index contributed by atoms with van der Waals surface area (Å²) in [6.45, 7) is 0.805. The molecule has 0 saturated carbocycles. The van der Waals surface area contributed by atoms with Gasteiger partial charge in [-0.05, 0) is 13.0 Å². The van der Waals surface area contributed by atoms with Crippen molar-refractivity contribution in [2.24, 2.45) is 0 Å². The fourth-order valence-electron chi connectivity index (χ4n) is 1.84. The van der Waals surface area contributed by atoms with E-state index in [2.05, 4.69) is 14.4 Å². The molecule has 1 heterocycles. The molecule has 1 aromatic heterocycles. The lowest BCUT2D eigenvalue weighted by Crippen LogP contribution is -2.31. The predicted molar refractivity (Wildman–Crippen MR) is 97.9 cm³/mol. The number of benzene rings is 1. The van der Waals surface area contributed by atoms with Crippen LogP contribution in [-0.4, -0.2) is 29.4 Å². The van der Waals surface area contributed by atoms with E-state index in [0.29, 0.717) is 0 Å². The van der Waals surface area contributed by atoms with Gasteiger partial charge in [0, 0.05) is 18.4 Å². The van der Waals surface area contributed by atoms with Crippen molar-refractivity contribution in [3.63, 3.8) is 0 Å². The van der Waals surface area contributed by atoms with Crippen LogP contribution in [0.5, 0.6) is 17.4 Å². The Labute approximate surface area is 171 Å². The van der Waals surface area contributed by atoms with Crippen molar-refractivity contribution in [1.29, 1.82) is 0 Å². The van der Waals surface area contributed by atoms with Crippen molar-refractivity contribution in [3.05, 3.63) is 45.8 Å². The van der Waals surface area contributed by atoms with Crippen molar-refractivity contribution >= 4 is 41.1 Å². The number of alkyl halides is 3. The number of pyridine rings is 1. The molecule has 2 rings (SSSR count). The Morgan fingerprint density at radius 3 is 2.50 bits per heavy atom. The lowest BCUT2D eigenvalue weighted by atomic mass is 10.2. The van der Waals surface area contributed by atoms with Crippen molar-refractivity contribution < 1.29 is 31.8 Å². The number of carbonyl (C=O) groups is 1. The second-order valence-corrected chi connectivity index (χ2v) is 6.69. The fourth-order valence-corrected chi connectivity index (χ4v) is 2.54. The van der Waals surface area contributed by atoms with Gasteiger partial charge in [0.2, 0.25) is 5.88 Å².